The number of nitrogens with zero attached hydrogens (tertiary/aromatic N) is 3. The molecule has 2 heterocycles. The number of aryl methyl sites for hydroxylation is 1. The van der Waals surface area contributed by atoms with E-state index in [1.54, 1.807) is 4.68 Å². The van der Waals surface area contributed by atoms with Crippen LogP contribution in [0.4, 0.5) is 0 Å². The lowest BCUT2D eigenvalue weighted by molar-refractivity contribution is 0.0255. The van der Waals surface area contributed by atoms with Gasteiger partial charge in [0.25, 0.3) is 5.91 Å². The zero-order valence-corrected chi connectivity index (χ0v) is 13.5. The summed E-state index contributed by atoms with van der Waals surface area (Å²) in [6.07, 6.45) is 4.27. The summed E-state index contributed by atoms with van der Waals surface area (Å²) in [7, 11) is 1.83. The highest BCUT2D eigenvalue weighted by molar-refractivity contribution is 9.10. The number of carbonyl (C=O) groups is 1. The predicted octanol–water partition coefficient (Wildman–Crippen LogP) is 2.01. The van der Waals surface area contributed by atoms with Crippen LogP contribution in [-0.2, 0) is 7.05 Å². The Labute approximate surface area is 127 Å². The Morgan fingerprint density at radius 1 is 1.45 bits per heavy atom. The average Bonchev–Trinajstić information content (AvgIpc) is 3.09. The second kappa shape index (κ2) is 4.84. The minimum atomic E-state index is -0.391. The lowest BCUT2D eigenvalue weighted by Gasteiger charge is -2.37. The second-order valence-electron chi connectivity index (χ2n) is 5.94. The fourth-order valence-corrected chi connectivity index (χ4v) is 4.17. The second-order valence-corrected chi connectivity index (χ2v) is 6.74. The number of likely N-dealkylation sites (tertiary alicyclic amines) is 1. The van der Waals surface area contributed by atoms with E-state index >= 15 is 0 Å². The van der Waals surface area contributed by atoms with E-state index in [1.807, 2.05) is 18.9 Å². The SMILES string of the molecule is Cc1c(Br)c(C(=O)N2CCC(O)C23CCCC3)nn1C. The molecule has 0 aromatic carbocycles. The minimum absolute atomic E-state index is 0.0565. The van der Waals surface area contributed by atoms with Crippen molar-refractivity contribution in [2.75, 3.05) is 6.54 Å². The van der Waals surface area contributed by atoms with Crippen LogP contribution in [0.25, 0.3) is 0 Å². The van der Waals surface area contributed by atoms with Crippen molar-refractivity contribution in [2.45, 2.75) is 50.7 Å². The highest BCUT2D eigenvalue weighted by atomic mass is 79.9. The van der Waals surface area contributed by atoms with Crippen LogP contribution in [0.5, 0.6) is 0 Å². The Hall–Kier alpha value is -0.880. The molecule has 3 rings (SSSR count). The highest BCUT2D eigenvalue weighted by Crippen LogP contribution is 2.44. The number of rotatable bonds is 1. The van der Waals surface area contributed by atoms with E-state index in [-0.39, 0.29) is 11.4 Å². The molecule has 2 fully saturated rings. The maximum absolute atomic E-state index is 12.8. The van der Waals surface area contributed by atoms with Crippen LogP contribution in [0, 0.1) is 6.92 Å². The van der Waals surface area contributed by atoms with Crippen molar-refractivity contribution in [3.8, 4) is 0 Å². The topological polar surface area (TPSA) is 58.4 Å². The molecule has 1 unspecified atom stereocenters. The molecule has 1 aliphatic heterocycles. The van der Waals surface area contributed by atoms with Gasteiger partial charge in [0.15, 0.2) is 5.69 Å². The van der Waals surface area contributed by atoms with Gasteiger partial charge in [0.05, 0.1) is 21.8 Å². The fraction of sp³-hybridized carbons (Fsp3) is 0.714. The normalized spacial score (nSPS) is 24.8. The van der Waals surface area contributed by atoms with E-state index in [9.17, 15) is 9.90 Å². The number of aliphatic hydroxyl groups excluding tert-OH is 1. The van der Waals surface area contributed by atoms with Crippen molar-refractivity contribution >= 4 is 21.8 Å². The fourth-order valence-electron chi connectivity index (χ4n) is 3.66. The molecule has 1 atom stereocenters. The van der Waals surface area contributed by atoms with Crippen LogP contribution in [0.1, 0.15) is 48.3 Å². The summed E-state index contributed by atoms with van der Waals surface area (Å²) in [5.41, 5.74) is 1.06. The van der Waals surface area contributed by atoms with Crippen LogP contribution >= 0.6 is 15.9 Å². The van der Waals surface area contributed by atoms with Crippen LogP contribution in [0.15, 0.2) is 4.47 Å². The first-order valence-electron chi connectivity index (χ1n) is 7.16. The van der Waals surface area contributed by atoms with Gasteiger partial charge >= 0.3 is 0 Å². The molecule has 1 amide bonds. The molecule has 1 saturated carbocycles. The molecule has 0 radical (unpaired) electrons. The Morgan fingerprint density at radius 3 is 2.65 bits per heavy atom. The first-order valence-corrected chi connectivity index (χ1v) is 7.96. The number of halogens is 1. The van der Waals surface area contributed by atoms with Gasteiger partial charge in [-0.2, -0.15) is 5.10 Å². The molecule has 5 nitrogen and oxygen atoms in total. The zero-order valence-electron chi connectivity index (χ0n) is 11.9. The van der Waals surface area contributed by atoms with E-state index in [1.165, 1.54) is 0 Å². The molecular weight excluding hydrogens is 322 g/mol. The maximum atomic E-state index is 12.8. The van der Waals surface area contributed by atoms with Gasteiger partial charge in [-0.15, -0.1) is 0 Å². The van der Waals surface area contributed by atoms with Crippen molar-refractivity contribution < 1.29 is 9.90 Å². The van der Waals surface area contributed by atoms with Crippen molar-refractivity contribution in [1.82, 2.24) is 14.7 Å². The summed E-state index contributed by atoms with van der Waals surface area (Å²) in [6, 6.07) is 0. The number of aliphatic hydroxyl groups is 1. The summed E-state index contributed by atoms with van der Waals surface area (Å²) >= 11 is 3.47. The van der Waals surface area contributed by atoms with Crippen molar-refractivity contribution in [2.24, 2.45) is 7.05 Å². The van der Waals surface area contributed by atoms with Gasteiger partial charge in [-0.25, -0.2) is 0 Å². The van der Waals surface area contributed by atoms with Gasteiger partial charge < -0.3 is 10.0 Å². The molecule has 6 heteroatoms. The molecule has 1 spiro atoms. The largest absolute Gasteiger partial charge is 0.391 e. The first kappa shape index (κ1) is 14.1. The molecule has 1 N–H and O–H groups in total. The third kappa shape index (κ3) is 1.84. The van der Waals surface area contributed by atoms with Gasteiger partial charge in [-0.05, 0) is 42.1 Å². The molecule has 1 aromatic rings. The number of carbonyl (C=O) groups excluding carboxylic acids is 1. The standard InChI is InChI=1S/C14H20BrN3O2/c1-9-11(15)12(16-17(9)2)13(20)18-8-5-10(19)14(18)6-3-4-7-14/h10,19H,3-8H2,1-2H3. The minimum Gasteiger partial charge on any atom is -0.391 e. The molecular formula is C14H20BrN3O2. The Bertz CT molecular complexity index is 549. The Morgan fingerprint density at radius 2 is 2.10 bits per heavy atom. The molecule has 1 aliphatic carbocycles. The summed E-state index contributed by atoms with van der Waals surface area (Å²) in [4.78, 5) is 14.7. The summed E-state index contributed by atoms with van der Waals surface area (Å²) in [5.74, 6) is -0.0565. The van der Waals surface area contributed by atoms with Crippen LogP contribution in [0.3, 0.4) is 0 Å². The number of hydrogen-bond acceptors (Lipinski definition) is 3. The van der Waals surface area contributed by atoms with Crippen LogP contribution in [-0.4, -0.2) is 43.9 Å². The van der Waals surface area contributed by atoms with Gasteiger partial charge in [0.1, 0.15) is 0 Å². The maximum Gasteiger partial charge on any atom is 0.276 e. The molecule has 20 heavy (non-hydrogen) atoms. The average molecular weight is 342 g/mol. The van der Waals surface area contributed by atoms with Crippen molar-refractivity contribution in [1.29, 1.82) is 0 Å². The highest BCUT2D eigenvalue weighted by Gasteiger charge is 2.52. The Kier molecular flexibility index (Phi) is 3.41. The molecule has 2 aliphatic rings. The lowest BCUT2D eigenvalue weighted by atomic mass is 9.91. The van der Waals surface area contributed by atoms with Crippen LogP contribution < -0.4 is 0 Å². The van der Waals surface area contributed by atoms with Crippen LogP contribution in [0.2, 0.25) is 0 Å². The monoisotopic (exact) mass is 341 g/mol. The molecule has 0 bridgehead atoms. The van der Waals surface area contributed by atoms with Crippen molar-refractivity contribution in [3.63, 3.8) is 0 Å². The van der Waals surface area contributed by atoms with E-state index < -0.39 is 6.10 Å². The van der Waals surface area contributed by atoms with Gasteiger partial charge in [0, 0.05) is 13.6 Å². The summed E-state index contributed by atoms with van der Waals surface area (Å²) in [6.45, 7) is 2.56. The van der Waals surface area contributed by atoms with Gasteiger partial charge in [0.2, 0.25) is 0 Å². The van der Waals surface area contributed by atoms with Crippen molar-refractivity contribution in [3.05, 3.63) is 15.9 Å². The van der Waals surface area contributed by atoms with E-state index in [2.05, 4.69) is 21.0 Å². The molecule has 110 valence electrons. The summed E-state index contributed by atoms with van der Waals surface area (Å²) < 4.78 is 2.48. The van der Waals surface area contributed by atoms with Gasteiger partial charge in [-0.3, -0.25) is 9.48 Å². The molecule has 1 saturated heterocycles. The smallest absolute Gasteiger partial charge is 0.276 e. The van der Waals surface area contributed by atoms with E-state index in [0.717, 1.165) is 35.8 Å². The predicted molar refractivity (Wildman–Crippen MR) is 78.5 cm³/mol. The lowest BCUT2D eigenvalue weighted by Crippen LogP contribution is -2.51. The number of amides is 1. The third-order valence-electron chi connectivity index (χ3n) is 4.96. The quantitative estimate of drug-likeness (QED) is 0.849. The summed E-state index contributed by atoms with van der Waals surface area (Å²) in [5, 5.41) is 14.7. The van der Waals surface area contributed by atoms with E-state index in [0.29, 0.717) is 18.7 Å². The third-order valence-corrected chi connectivity index (χ3v) is 5.91. The number of hydrogen-bond donors (Lipinski definition) is 1. The molecule has 1 aromatic heterocycles. The zero-order chi connectivity index (χ0) is 14.5. The number of aromatic nitrogens is 2. The van der Waals surface area contributed by atoms with Gasteiger partial charge in [-0.1, -0.05) is 12.8 Å². The first-order chi connectivity index (χ1) is 9.47. The van der Waals surface area contributed by atoms with E-state index in [4.69, 9.17) is 0 Å². The Balaban J connectivity index is 1.96.